The van der Waals surface area contributed by atoms with Crippen molar-refractivity contribution in [3.05, 3.63) is 24.3 Å². The third kappa shape index (κ3) is 4.91. The van der Waals surface area contributed by atoms with Gasteiger partial charge in [0, 0.05) is 6.04 Å². The molecule has 22 heavy (non-hydrogen) atoms. The van der Waals surface area contributed by atoms with E-state index in [-0.39, 0.29) is 18.6 Å². The van der Waals surface area contributed by atoms with E-state index in [0.717, 1.165) is 31.4 Å². The maximum absolute atomic E-state index is 11.9. The Labute approximate surface area is 132 Å². The molecule has 1 fully saturated rings. The number of hydrogen-bond acceptors (Lipinski definition) is 4. The minimum absolute atomic E-state index is 0.0307. The Morgan fingerprint density at radius 1 is 1.23 bits per heavy atom. The highest BCUT2D eigenvalue weighted by Gasteiger charge is 2.27. The third-order valence-corrected chi connectivity index (χ3v) is 3.97. The van der Waals surface area contributed by atoms with Crippen LogP contribution in [0.2, 0.25) is 0 Å². The molecule has 5 nitrogen and oxygen atoms in total. The fraction of sp³-hybridized carbons (Fsp3) is 0.588. The second-order valence-electron chi connectivity index (χ2n) is 5.71. The van der Waals surface area contributed by atoms with Gasteiger partial charge in [0.2, 0.25) is 0 Å². The van der Waals surface area contributed by atoms with Gasteiger partial charge in [-0.1, -0.05) is 13.3 Å². The summed E-state index contributed by atoms with van der Waals surface area (Å²) in [6, 6.07) is 7.53. The lowest BCUT2D eigenvalue weighted by Gasteiger charge is -2.19. The number of rotatable bonds is 8. The molecule has 0 bridgehead atoms. The fourth-order valence-corrected chi connectivity index (χ4v) is 2.76. The highest BCUT2D eigenvalue weighted by molar-refractivity contribution is 5.77. The molecule has 0 aromatic heterocycles. The predicted octanol–water partition coefficient (Wildman–Crippen LogP) is 2.10. The highest BCUT2D eigenvalue weighted by Crippen LogP contribution is 2.24. The van der Waals surface area contributed by atoms with Crippen molar-refractivity contribution in [2.24, 2.45) is 11.7 Å². The van der Waals surface area contributed by atoms with E-state index in [2.05, 4.69) is 12.2 Å². The van der Waals surface area contributed by atoms with E-state index < -0.39 is 0 Å². The molecule has 0 aliphatic heterocycles. The van der Waals surface area contributed by atoms with Crippen molar-refractivity contribution >= 4 is 5.91 Å². The number of carbonyl (C=O) groups excluding carboxylic acids is 1. The van der Waals surface area contributed by atoms with Gasteiger partial charge in [0.15, 0.2) is 6.61 Å². The molecule has 122 valence electrons. The molecule has 1 aromatic carbocycles. The average Bonchev–Trinajstić information content (AvgIpc) is 2.99. The first-order valence-electron chi connectivity index (χ1n) is 8.08. The summed E-state index contributed by atoms with van der Waals surface area (Å²) in [7, 11) is 0. The normalized spacial score (nSPS) is 20.6. The third-order valence-electron chi connectivity index (χ3n) is 3.97. The van der Waals surface area contributed by atoms with Crippen LogP contribution in [-0.2, 0) is 4.79 Å². The Kier molecular flexibility index (Phi) is 6.52. The van der Waals surface area contributed by atoms with Gasteiger partial charge in [0.05, 0.1) is 6.61 Å². The van der Waals surface area contributed by atoms with Crippen LogP contribution in [0.3, 0.4) is 0 Å². The lowest BCUT2D eigenvalue weighted by Crippen LogP contribution is -2.42. The van der Waals surface area contributed by atoms with Crippen LogP contribution in [0.25, 0.3) is 0 Å². The summed E-state index contributed by atoms with van der Waals surface area (Å²) in [5, 5.41) is 3.02. The summed E-state index contributed by atoms with van der Waals surface area (Å²) in [6.07, 6.45) is 4.22. The number of nitrogens with one attached hydrogen (secondary N) is 1. The topological polar surface area (TPSA) is 73.6 Å². The number of hydrogen-bond donors (Lipinski definition) is 2. The van der Waals surface area contributed by atoms with Crippen molar-refractivity contribution < 1.29 is 14.3 Å². The molecule has 1 aromatic rings. The van der Waals surface area contributed by atoms with Gasteiger partial charge in [-0.25, -0.2) is 0 Å². The van der Waals surface area contributed by atoms with Crippen LogP contribution in [0.5, 0.6) is 11.5 Å². The van der Waals surface area contributed by atoms with Crippen LogP contribution >= 0.6 is 0 Å². The minimum atomic E-state index is -0.0864. The summed E-state index contributed by atoms with van der Waals surface area (Å²) in [5.74, 6) is 1.80. The van der Waals surface area contributed by atoms with Gasteiger partial charge in [0.25, 0.3) is 5.91 Å². The number of benzene rings is 1. The largest absolute Gasteiger partial charge is 0.494 e. The number of carbonyl (C=O) groups is 1. The van der Waals surface area contributed by atoms with Gasteiger partial charge in [-0.3, -0.25) is 4.79 Å². The number of ether oxygens (including phenoxy) is 2. The van der Waals surface area contributed by atoms with E-state index in [1.54, 1.807) is 0 Å². The maximum atomic E-state index is 11.9. The predicted molar refractivity (Wildman–Crippen MR) is 86.0 cm³/mol. The number of amides is 1. The molecule has 3 N–H and O–H groups in total. The molecule has 0 heterocycles. The van der Waals surface area contributed by atoms with Crippen LogP contribution in [0.15, 0.2) is 24.3 Å². The van der Waals surface area contributed by atoms with E-state index in [0.29, 0.717) is 24.8 Å². The lowest BCUT2D eigenvalue weighted by molar-refractivity contribution is -0.124. The van der Waals surface area contributed by atoms with Crippen LogP contribution in [0, 0.1) is 5.92 Å². The van der Waals surface area contributed by atoms with Gasteiger partial charge < -0.3 is 20.5 Å². The summed E-state index contributed by atoms with van der Waals surface area (Å²) >= 11 is 0. The SMILES string of the molecule is CCCOc1ccc(OCC(=O)NC2CCCC2CN)cc1. The Morgan fingerprint density at radius 2 is 1.91 bits per heavy atom. The summed E-state index contributed by atoms with van der Waals surface area (Å²) in [5.41, 5.74) is 5.72. The average molecular weight is 306 g/mol. The van der Waals surface area contributed by atoms with Crippen molar-refractivity contribution in [2.75, 3.05) is 19.8 Å². The molecule has 2 atom stereocenters. The van der Waals surface area contributed by atoms with Crippen molar-refractivity contribution in [1.29, 1.82) is 0 Å². The maximum Gasteiger partial charge on any atom is 0.258 e. The molecular weight excluding hydrogens is 280 g/mol. The van der Waals surface area contributed by atoms with Crippen LogP contribution in [0.1, 0.15) is 32.6 Å². The Bertz CT molecular complexity index is 461. The Balaban J connectivity index is 1.73. The smallest absolute Gasteiger partial charge is 0.258 e. The van der Waals surface area contributed by atoms with E-state index in [1.165, 1.54) is 0 Å². The molecule has 5 heteroatoms. The molecule has 2 unspecified atom stereocenters. The molecule has 1 aliphatic rings. The highest BCUT2D eigenvalue weighted by atomic mass is 16.5. The number of nitrogens with two attached hydrogens (primary N) is 1. The van der Waals surface area contributed by atoms with Gasteiger partial charge in [0.1, 0.15) is 11.5 Å². The standard InChI is InChI=1S/C17H26N2O3/c1-2-10-21-14-6-8-15(9-7-14)22-12-17(20)19-16-5-3-4-13(16)11-18/h6-9,13,16H,2-5,10-12,18H2,1H3,(H,19,20). The van der Waals surface area contributed by atoms with Crippen molar-refractivity contribution in [2.45, 2.75) is 38.6 Å². The first-order chi connectivity index (χ1) is 10.7. The molecule has 0 spiro atoms. The monoisotopic (exact) mass is 306 g/mol. The van der Waals surface area contributed by atoms with E-state index >= 15 is 0 Å². The van der Waals surface area contributed by atoms with Gasteiger partial charge in [-0.2, -0.15) is 0 Å². The lowest BCUT2D eigenvalue weighted by atomic mass is 10.0. The van der Waals surface area contributed by atoms with Gasteiger partial charge in [-0.15, -0.1) is 0 Å². The van der Waals surface area contributed by atoms with Crippen molar-refractivity contribution in [3.63, 3.8) is 0 Å². The zero-order valence-electron chi connectivity index (χ0n) is 13.2. The van der Waals surface area contributed by atoms with Crippen LogP contribution in [-0.4, -0.2) is 31.7 Å². The molecular formula is C17H26N2O3. The van der Waals surface area contributed by atoms with Crippen molar-refractivity contribution in [3.8, 4) is 11.5 Å². The second kappa shape index (κ2) is 8.63. The molecule has 0 radical (unpaired) electrons. The molecule has 1 aliphatic carbocycles. The van der Waals surface area contributed by atoms with Gasteiger partial charge >= 0.3 is 0 Å². The zero-order chi connectivity index (χ0) is 15.8. The summed E-state index contributed by atoms with van der Waals surface area (Å²) in [6.45, 7) is 3.43. The zero-order valence-corrected chi connectivity index (χ0v) is 13.2. The fourth-order valence-electron chi connectivity index (χ4n) is 2.76. The first-order valence-corrected chi connectivity index (χ1v) is 8.08. The summed E-state index contributed by atoms with van der Waals surface area (Å²) in [4.78, 5) is 11.9. The van der Waals surface area contributed by atoms with E-state index in [9.17, 15) is 4.79 Å². The van der Waals surface area contributed by atoms with Gasteiger partial charge in [-0.05, 0) is 56.0 Å². The molecule has 0 saturated heterocycles. The van der Waals surface area contributed by atoms with Crippen LogP contribution < -0.4 is 20.5 Å². The van der Waals surface area contributed by atoms with Crippen molar-refractivity contribution in [1.82, 2.24) is 5.32 Å². The second-order valence-corrected chi connectivity index (χ2v) is 5.71. The van der Waals surface area contributed by atoms with Crippen LogP contribution in [0.4, 0.5) is 0 Å². The van der Waals surface area contributed by atoms with E-state index in [1.807, 2.05) is 24.3 Å². The Hall–Kier alpha value is -1.75. The quantitative estimate of drug-likeness (QED) is 0.771. The Morgan fingerprint density at radius 3 is 2.55 bits per heavy atom. The van der Waals surface area contributed by atoms with E-state index in [4.69, 9.17) is 15.2 Å². The minimum Gasteiger partial charge on any atom is -0.494 e. The summed E-state index contributed by atoms with van der Waals surface area (Å²) < 4.78 is 11.0. The first kappa shape index (κ1) is 16.6. The molecule has 1 saturated carbocycles. The molecule has 1 amide bonds. The molecule has 2 rings (SSSR count).